The molecule has 1 rings (SSSR count). The van der Waals surface area contributed by atoms with E-state index in [9.17, 15) is 0 Å². The molecule has 0 fully saturated rings. The van der Waals surface area contributed by atoms with Crippen LogP contribution in [0.4, 0.5) is 0 Å². The largest absolute Gasteiger partial charge is 0.383 e. The zero-order chi connectivity index (χ0) is 10.4. The third-order valence-corrected chi connectivity index (χ3v) is 2.98. The van der Waals surface area contributed by atoms with Gasteiger partial charge in [-0.2, -0.15) is 0 Å². The molecule has 0 saturated carbocycles. The molecule has 1 heterocycles. The second kappa shape index (κ2) is 6.11. The first-order valence-electron chi connectivity index (χ1n) is 4.90. The number of rotatable bonds is 6. The summed E-state index contributed by atoms with van der Waals surface area (Å²) in [6, 6.07) is 0.434. The van der Waals surface area contributed by atoms with E-state index >= 15 is 0 Å². The van der Waals surface area contributed by atoms with Crippen LogP contribution in [0.5, 0.6) is 0 Å². The topological polar surface area (TPSA) is 34.1 Å². The smallest absolute Gasteiger partial charge is 0.107 e. The van der Waals surface area contributed by atoms with Gasteiger partial charge >= 0.3 is 0 Å². The van der Waals surface area contributed by atoms with Gasteiger partial charge in [-0.25, -0.2) is 4.98 Å². The molecule has 0 spiro atoms. The predicted octanol–water partition coefficient (Wildman–Crippen LogP) is 1.97. The second-order valence-electron chi connectivity index (χ2n) is 3.31. The van der Waals surface area contributed by atoms with Crippen molar-refractivity contribution in [2.24, 2.45) is 0 Å². The van der Waals surface area contributed by atoms with Crippen LogP contribution in [0.25, 0.3) is 0 Å². The Balaban J connectivity index is 2.31. The van der Waals surface area contributed by atoms with Crippen molar-refractivity contribution in [1.82, 2.24) is 10.3 Å². The van der Waals surface area contributed by atoms with Crippen LogP contribution in [0, 0.1) is 6.92 Å². The molecule has 14 heavy (non-hydrogen) atoms. The van der Waals surface area contributed by atoms with Crippen molar-refractivity contribution in [2.45, 2.75) is 32.9 Å². The summed E-state index contributed by atoms with van der Waals surface area (Å²) in [4.78, 5) is 5.56. The van der Waals surface area contributed by atoms with Gasteiger partial charge in [-0.3, -0.25) is 0 Å². The molecular weight excluding hydrogens is 196 g/mol. The van der Waals surface area contributed by atoms with Gasteiger partial charge in [-0.15, -0.1) is 11.3 Å². The van der Waals surface area contributed by atoms with Crippen LogP contribution in [-0.2, 0) is 11.3 Å². The predicted molar refractivity (Wildman–Crippen MR) is 59.6 cm³/mol. The molecule has 1 atom stereocenters. The highest BCUT2D eigenvalue weighted by molar-refractivity contribution is 7.11. The molecule has 1 aromatic rings. The monoisotopic (exact) mass is 214 g/mol. The van der Waals surface area contributed by atoms with Crippen LogP contribution in [-0.4, -0.2) is 24.7 Å². The van der Waals surface area contributed by atoms with Crippen molar-refractivity contribution >= 4 is 11.3 Å². The maximum Gasteiger partial charge on any atom is 0.107 e. The summed E-state index contributed by atoms with van der Waals surface area (Å²) < 4.78 is 5.11. The Hall–Kier alpha value is -0.450. The van der Waals surface area contributed by atoms with Crippen LogP contribution >= 0.6 is 11.3 Å². The lowest BCUT2D eigenvalue weighted by molar-refractivity contribution is 0.164. The lowest BCUT2D eigenvalue weighted by Gasteiger charge is -2.14. The van der Waals surface area contributed by atoms with Crippen molar-refractivity contribution < 1.29 is 4.74 Å². The molecule has 1 aromatic heterocycles. The van der Waals surface area contributed by atoms with Gasteiger partial charge in [-0.1, -0.05) is 6.92 Å². The average Bonchev–Trinajstić information content (AvgIpc) is 2.59. The molecule has 1 unspecified atom stereocenters. The molecule has 0 aliphatic heterocycles. The van der Waals surface area contributed by atoms with Gasteiger partial charge in [0.05, 0.1) is 6.61 Å². The van der Waals surface area contributed by atoms with E-state index in [1.165, 1.54) is 4.88 Å². The van der Waals surface area contributed by atoms with Crippen LogP contribution in [0.2, 0.25) is 0 Å². The quantitative estimate of drug-likeness (QED) is 0.786. The van der Waals surface area contributed by atoms with E-state index in [4.69, 9.17) is 4.74 Å². The minimum atomic E-state index is 0.434. The van der Waals surface area contributed by atoms with Crippen LogP contribution < -0.4 is 5.32 Å². The number of aromatic nitrogens is 1. The third-order valence-electron chi connectivity index (χ3n) is 2.07. The minimum absolute atomic E-state index is 0.434. The van der Waals surface area contributed by atoms with Gasteiger partial charge in [0.15, 0.2) is 0 Å². The normalized spacial score (nSPS) is 13.1. The van der Waals surface area contributed by atoms with Crippen molar-refractivity contribution in [3.8, 4) is 0 Å². The van der Waals surface area contributed by atoms with E-state index < -0.39 is 0 Å². The molecule has 0 saturated heterocycles. The highest BCUT2D eigenvalue weighted by atomic mass is 32.1. The van der Waals surface area contributed by atoms with Gasteiger partial charge in [0.2, 0.25) is 0 Å². The number of thiazole rings is 1. The second-order valence-corrected chi connectivity index (χ2v) is 4.63. The molecular formula is C10H18N2OS. The van der Waals surface area contributed by atoms with Crippen LogP contribution in [0.15, 0.2) is 6.20 Å². The van der Waals surface area contributed by atoms with E-state index in [1.807, 2.05) is 6.20 Å². The lowest BCUT2D eigenvalue weighted by Crippen LogP contribution is -2.31. The van der Waals surface area contributed by atoms with Gasteiger partial charge < -0.3 is 10.1 Å². The third kappa shape index (κ3) is 3.74. The van der Waals surface area contributed by atoms with E-state index in [2.05, 4.69) is 24.1 Å². The zero-order valence-electron chi connectivity index (χ0n) is 9.04. The van der Waals surface area contributed by atoms with Gasteiger partial charge in [0, 0.05) is 30.8 Å². The maximum absolute atomic E-state index is 5.11. The zero-order valence-corrected chi connectivity index (χ0v) is 9.86. The summed E-state index contributed by atoms with van der Waals surface area (Å²) in [5.41, 5.74) is 0. The number of hydrogen-bond donors (Lipinski definition) is 1. The lowest BCUT2D eigenvalue weighted by atomic mass is 10.2. The Morgan fingerprint density at radius 2 is 2.43 bits per heavy atom. The Kier molecular flexibility index (Phi) is 5.07. The number of hydrogen-bond acceptors (Lipinski definition) is 4. The number of nitrogens with zero attached hydrogens (tertiary/aromatic N) is 1. The molecule has 80 valence electrons. The van der Waals surface area contributed by atoms with Crippen molar-refractivity contribution in [2.75, 3.05) is 13.7 Å². The molecule has 0 radical (unpaired) electrons. The maximum atomic E-state index is 5.11. The highest BCUT2D eigenvalue weighted by Crippen LogP contribution is 2.10. The van der Waals surface area contributed by atoms with Crippen LogP contribution in [0.1, 0.15) is 23.2 Å². The fourth-order valence-corrected chi connectivity index (χ4v) is 1.98. The van der Waals surface area contributed by atoms with Gasteiger partial charge in [0.25, 0.3) is 0 Å². The summed E-state index contributed by atoms with van der Waals surface area (Å²) in [5, 5.41) is 4.57. The Morgan fingerprint density at radius 3 is 2.93 bits per heavy atom. The van der Waals surface area contributed by atoms with Crippen molar-refractivity contribution in [1.29, 1.82) is 0 Å². The van der Waals surface area contributed by atoms with Gasteiger partial charge in [0.1, 0.15) is 5.01 Å². The molecule has 0 amide bonds. The average molecular weight is 214 g/mol. The molecule has 0 bridgehead atoms. The first-order chi connectivity index (χ1) is 6.76. The number of methoxy groups -OCH3 is 1. The highest BCUT2D eigenvalue weighted by Gasteiger charge is 2.05. The Morgan fingerprint density at radius 1 is 1.64 bits per heavy atom. The first kappa shape index (κ1) is 11.6. The molecule has 4 heteroatoms. The number of nitrogens with one attached hydrogen (secondary N) is 1. The van der Waals surface area contributed by atoms with E-state index in [-0.39, 0.29) is 0 Å². The van der Waals surface area contributed by atoms with E-state index in [1.54, 1.807) is 18.4 Å². The standard InChI is InChI=1S/C10H18N2OS/c1-4-9(7-13-3)11-6-10-12-5-8(2)14-10/h5,9,11H,4,6-7H2,1-3H3. The summed E-state index contributed by atoms with van der Waals surface area (Å²) in [7, 11) is 1.73. The molecule has 0 aliphatic carbocycles. The SMILES string of the molecule is CCC(COC)NCc1ncc(C)s1. The fraction of sp³-hybridized carbons (Fsp3) is 0.700. The summed E-state index contributed by atoms with van der Waals surface area (Å²) >= 11 is 1.74. The number of aryl methyl sites for hydroxylation is 1. The summed E-state index contributed by atoms with van der Waals surface area (Å²) in [6.45, 7) is 5.85. The first-order valence-corrected chi connectivity index (χ1v) is 5.71. The Labute approximate surface area is 89.5 Å². The molecule has 1 N–H and O–H groups in total. The van der Waals surface area contributed by atoms with E-state index in [0.29, 0.717) is 6.04 Å². The summed E-state index contributed by atoms with van der Waals surface area (Å²) in [5.74, 6) is 0. The van der Waals surface area contributed by atoms with E-state index in [0.717, 1.165) is 24.6 Å². The summed E-state index contributed by atoms with van der Waals surface area (Å²) in [6.07, 6.45) is 3.00. The fourth-order valence-electron chi connectivity index (χ4n) is 1.24. The number of ether oxygens (including phenoxy) is 1. The van der Waals surface area contributed by atoms with Crippen LogP contribution in [0.3, 0.4) is 0 Å². The molecule has 0 aromatic carbocycles. The molecule has 3 nitrogen and oxygen atoms in total. The van der Waals surface area contributed by atoms with Crippen molar-refractivity contribution in [3.05, 3.63) is 16.1 Å². The van der Waals surface area contributed by atoms with Crippen molar-refractivity contribution in [3.63, 3.8) is 0 Å². The van der Waals surface area contributed by atoms with Gasteiger partial charge in [-0.05, 0) is 13.3 Å². The Bertz CT molecular complexity index is 262. The molecule has 0 aliphatic rings. The minimum Gasteiger partial charge on any atom is -0.383 e.